The Morgan fingerprint density at radius 2 is 1.36 bits per heavy atom. The monoisotopic (exact) mass is 320 g/mol. The molecule has 0 bridgehead atoms. The fourth-order valence-corrected chi connectivity index (χ4v) is 2.19. The highest BCUT2D eigenvalue weighted by atomic mass is 16.7. The second-order valence-corrected chi connectivity index (χ2v) is 4.68. The number of carbonyl (C=O) groups is 3. The maximum Gasteiger partial charge on any atom is 0.303 e. The maximum absolute atomic E-state index is 11.3. The molecule has 1 N–H and O–H groups in total. The lowest BCUT2D eigenvalue weighted by Crippen LogP contribution is -2.62. The summed E-state index contributed by atoms with van der Waals surface area (Å²) in [6.07, 6.45) is -5.52. The van der Waals surface area contributed by atoms with Crippen molar-refractivity contribution >= 4 is 17.9 Å². The second-order valence-electron chi connectivity index (χ2n) is 4.68. The quantitative estimate of drug-likeness (QED) is 0.510. The molecule has 1 aliphatic rings. The summed E-state index contributed by atoms with van der Waals surface area (Å²) in [4.78, 5) is 33.8. The van der Waals surface area contributed by atoms with Crippen LogP contribution < -0.4 is 0 Å². The van der Waals surface area contributed by atoms with Crippen molar-refractivity contribution in [2.24, 2.45) is 0 Å². The van der Waals surface area contributed by atoms with Gasteiger partial charge in [-0.25, -0.2) is 0 Å². The largest absolute Gasteiger partial charge is 0.456 e. The molecular weight excluding hydrogens is 300 g/mol. The summed E-state index contributed by atoms with van der Waals surface area (Å²) in [5.74, 6) is -1.99. The molecule has 1 saturated heterocycles. The van der Waals surface area contributed by atoms with E-state index in [9.17, 15) is 19.5 Å². The zero-order chi connectivity index (χ0) is 16.9. The Balaban J connectivity index is 3.14. The lowest BCUT2D eigenvalue weighted by Gasteiger charge is -2.43. The SMILES string of the molecule is CO[C@H]1OC(CO)[C@@H](OC(C)=O)[C@H](OC(C)=O)C1OC(C)=O. The molecule has 5 atom stereocenters. The number of rotatable bonds is 5. The minimum absolute atomic E-state index is 0.512. The molecule has 0 radical (unpaired) electrons. The Labute approximate surface area is 127 Å². The van der Waals surface area contributed by atoms with E-state index in [1.807, 2.05) is 0 Å². The van der Waals surface area contributed by atoms with Crippen molar-refractivity contribution in [3.8, 4) is 0 Å². The molecule has 126 valence electrons. The number of esters is 3. The van der Waals surface area contributed by atoms with Crippen LogP contribution in [-0.4, -0.2) is 67.4 Å². The van der Waals surface area contributed by atoms with Crippen molar-refractivity contribution in [2.75, 3.05) is 13.7 Å². The van der Waals surface area contributed by atoms with Crippen molar-refractivity contribution in [2.45, 2.75) is 51.5 Å². The van der Waals surface area contributed by atoms with Crippen LogP contribution in [0.5, 0.6) is 0 Å². The highest BCUT2D eigenvalue weighted by Gasteiger charge is 2.51. The Morgan fingerprint density at radius 1 is 0.909 bits per heavy atom. The second kappa shape index (κ2) is 8.06. The molecule has 0 saturated carbocycles. The van der Waals surface area contributed by atoms with Crippen LogP contribution in [-0.2, 0) is 38.1 Å². The predicted octanol–water partition coefficient (Wildman–Crippen LogP) is -0.855. The first kappa shape index (κ1) is 18.3. The topological polar surface area (TPSA) is 118 Å². The number of hydrogen-bond acceptors (Lipinski definition) is 9. The summed E-state index contributed by atoms with van der Waals surface area (Å²) in [5.41, 5.74) is 0. The zero-order valence-electron chi connectivity index (χ0n) is 12.8. The summed E-state index contributed by atoms with van der Waals surface area (Å²) >= 11 is 0. The molecule has 0 aliphatic carbocycles. The molecule has 1 aliphatic heterocycles. The van der Waals surface area contributed by atoms with Crippen molar-refractivity contribution in [1.82, 2.24) is 0 Å². The standard InChI is InChI=1S/C13H20O9/c1-6(15)19-10-9(5-14)22-13(18-4)12(21-8(3)17)11(10)20-7(2)16/h9-14H,5H2,1-4H3/t9?,10-,11+,12?,13+/m1/s1. The first-order valence-electron chi connectivity index (χ1n) is 6.61. The van der Waals surface area contributed by atoms with Gasteiger partial charge in [0.2, 0.25) is 0 Å². The van der Waals surface area contributed by atoms with Gasteiger partial charge in [0.15, 0.2) is 24.6 Å². The molecule has 0 spiro atoms. The van der Waals surface area contributed by atoms with Crippen LogP contribution in [0, 0.1) is 0 Å². The minimum atomic E-state index is -1.17. The molecule has 0 amide bonds. The van der Waals surface area contributed by atoms with Crippen LogP contribution in [0.1, 0.15) is 20.8 Å². The van der Waals surface area contributed by atoms with Crippen LogP contribution in [0.15, 0.2) is 0 Å². The Morgan fingerprint density at radius 3 is 1.77 bits per heavy atom. The van der Waals surface area contributed by atoms with Crippen LogP contribution in [0.25, 0.3) is 0 Å². The van der Waals surface area contributed by atoms with Crippen LogP contribution >= 0.6 is 0 Å². The van der Waals surface area contributed by atoms with Crippen molar-refractivity contribution < 1.29 is 43.2 Å². The van der Waals surface area contributed by atoms with Gasteiger partial charge in [0, 0.05) is 27.9 Å². The predicted molar refractivity (Wildman–Crippen MR) is 69.4 cm³/mol. The smallest absolute Gasteiger partial charge is 0.303 e. The van der Waals surface area contributed by atoms with Crippen molar-refractivity contribution in [3.63, 3.8) is 0 Å². The minimum Gasteiger partial charge on any atom is -0.456 e. The molecule has 0 aromatic rings. The highest BCUT2D eigenvalue weighted by molar-refractivity contribution is 5.68. The Kier molecular flexibility index (Phi) is 6.72. The van der Waals surface area contributed by atoms with Crippen molar-refractivity contribution in [1.29, 1.82) is 0 Å². The number of ether oxygens (including phenoxy) is 5. The van der Waals surface area contributed by atoms with Crippen molar-refractivity contribution in [3.05, 3.63) is 0 Å². The average molecular weight is 320 g/mol. The molecule has 0 aromatic carbocycles. The van der Waals surface area contributed by atoms with Gasteiger partial charge in [-0.05, 0) is 0 Å². The molecule has 1 heterocycles. The van der Waals surface area contributed by atoms with E-state index >= 15 is 0 Å². The normalized spacial score (nSPS) is 31.2. The zero-order valence-corrected chi connectivity index (χ0v) is 12.8. The summed E-state index contributed by atoms with van der Waals surface area (Å²) < 4.78 is 25.7. The van der Waals surface area contributed by atoms with Gasteiger partial charge in [0.1, 0.15) is 6.10 Å². The first-order valence-corrected chi connectivity index (χ1v) is 6.61. The van der Waals surface area contributed by atoms with E-state index in [0.717, 1.165) is 20.8 Å². The molecule has 9 nitrogen and oxygen atoms in total. The van der Waals surface area contributed by atoms with Gasteiger partial charge < -0.3 is 28.8 Å². The molecular formula is C13H20O9. The van der Waals surface area contributed by atoms with E-state index in [1.165, 1.54) is 7.11 Å². The highest BCUT2D eigenvalue weighted by Crippen LogP contribution is 2.28. The Hall–Kier alpha value is -1.71. The molecule has 22 heavy (non-hydrogen) atoms. The third kappa shape index (κ3) is 4.65. The number of aliphatic hydroxyl groups is 1. The van der Waals surface area contributed by atoms with Gasteiger partial charge in [-0.3, -0.25) is 14.4 Å². The van der Waals surface area contributed by atoms with Crippen LogP contribution in [0.4, 0.5) is 0 Å². The maximum atomic E-state index is 11.3. The van der Waals surface area contributed by atoms with Gasteiger partial charge in [-0.15, -0.1) is 0 Å². The number of carbonyl (C=O) groups excluding carboxylic acids is 3. The lowest BCUT2D eigenvalue weighted by molar-refractivity contribution is -0.302. The average Bonchev–Trinajstić information content (AvgIpc) is 2.41. The lowest BCUT2D eigenvalue weighted by atomic mass is 9.98. The fourth-order valence-electron chi connectivity index (χ4n) is 2.19. The van der Waals surface area contributed by atoms with E-state index in [2.05, 4.69) is 0 Å². The van der Waals surface area contributed by atoms with E-state index in [4.69, 9.17) is 23.7 Å². The van der Waals surface area contributed by atoms with Crippen LogP contribution in [0.2, 0.25) is 0 Å². The van der Waals surface area contributed by atoms with Gasteiger partial charge in [0.05, 0.1) is 6.61 Å². The van der Waals surface area contributed by atoms with E-state index in [1.54, 1.807) is 0 Å². The summed E-state index contributed by atoms with van der Waals surface area (Å²) in [5, 5.41) is 9.39. The van der Waals surface area contributed by atoms with Gasteiger partial charge in [-0.1, -0.05) is 0 Å². The van der Waals surface area contributed by atoms with E-state index in [0.29, 0.717) is 0 Å². The fraction of sp³-hybridized carbons (Fsp3) is 0.769. The van der Waals surface area contributed by atoms with Gasteiger partial charge >= 0.3 is 17.9 Å². The number of aliphatic hydroxyl groups excluding tert-OH is 1. The van der Waals surface area contributed by atoms with E-state index in [-0.39, 0.29) is 0 Å². The number of methoxy groups -OCH3 is 1. The van der Waals surface area contributed by atoms with Gasteiger partial charge in [0.25, 0.3) is 0 Å². The van der Waals surface area contributed by atoms with Gasteiger partial charge in [-0.2, -0.15) is 0 Å². The molecule has 1 rings (SSSR count). The molecule has 1 fully saturated rings. The molecule has 9 heteroatoms. The first-order chi connectivity index (χ1) is 10.3. The Bertz CT molecular complexity index is 392. The van der Waals surface area contributed by atoms with E-state index < -0.39 is 55.2 Å². The number of hydrogen-bond donors (Lipinski definition) is 1. The third-order valence-corrected chi connectivity index (χ3v) is 2.91. The molecule has 2 unspecified atom stereocenters. The summed E-state index contributed by atoms with van der Waals surface area (Å²) in [6.45, 7) is 2.96. The molecule has 0 aromatic heterocycles. The summed E-state index contributed by atoms with van der Waals surface area (Å²) in [6, 6.07) is 0. The van der Waals surface area contributed by atoms with Crippen LogP contribution in [0.3, 0.4) is 0 Å². The third-order valence-electron chi connectivity index (χ3n) is 2.91. The summed E-state index contributed by atoms with van der Waals surface area (Å²) in [7, 11) is 1.30.